The Morgan fingerprint density at radius 2 is 1.95 bits per heavy atom. The van der Waals surface area contributed by atoms with Gasteiger partial charge in [0.05, 0.1) is 25.0 Å². The van der Waals surface area contributed by atoms with Crippen molar-refractivity contribution in [2.24, 2.45) is 11.8 Å². The number of hydrogen-bond acceptors (Lipinski definition) is 3. The molecule has 1 aromatic rings. The smallest absolute Gasteiger partial charge is 0.307 e. The summed E-state index contributed by atoms with van der Waals surface area (Å²) in [6.07, 6.45) is 0.137. The molecule has 1 aliphatic heterocycles. The molecule has 1 saturated carbocycles. The van der Waals surface area contributed by atoms with Crippen molar-refractivity contribution in [1.82, 2.24) is 4.90 Å². The number of carbonyl (C=O) groups excluding carboxylic acids is 1. The second kappa shape index (κ2) is 5.44. The Labute approximate surface area is 121 Å². The van der Waals surface area contributed by atoms with E-state index in [0.29, 0.717) is 26.1 Å². The predicted octanol–water partition coefficient (Wildman–Crippen LogP) is 1.45. The molecule has 1 saturated heterocycles. The molecular weight excluding hydrogens is 277 g/mol. The molecule has 2 aliphatic rings. The highest BCUT2D eigenvalue weighted by molar-refractivity contribution is 5.89. The first-order valence-corrected chi connectivity index (χ1v) is 6.95. The van der Waals surface area contributed by atoms with Crippen molar-refractivity contribution in [1.29, 1.82) is 0 Å². The zero-order chi connectivity index (χ0) is 15.0. The molecule has 0 spiro atoms. The summed E-state index contributed by atoms with van der Waals surface area (Å²) in [4.78, 5) is 24.8. The number of aliphatic carboxylic acids is 1. The average molecular weight is 293 g/mol. The van der Waals surface area contributed by atoms with Gasteiger partial charge >= 0.3 is 5.97 Å². The molecule has 3 unspecified atom stereocenters. The molecule has 112 valence electrons. The van der Waals surface area contributed by atoms with Gasteiger partial charge in [-0.2, -0.15) is 0 Å². The Bertz CT molecular complexity index is 559. The van der Waals surface area contributed by atoms with E-state index < -0.39 is 17.8 Å². The van der Waals surface area contributed by atoms with E-state index in [1.54, 1.807) is 17.0 Å². The van der Waals surface area contributed by atoms with Crippen LogP contribution in [0.1, 0.15) is 18.1 Å². The number of benzene rings is 1. The van der Waals surface area contributed by atoms with Crippen molar-refractivity contribution in [3.8, 4) is 0 Å². The van der Waals surface area contributed by atoms with Gasteiger partial charge in [-0.25, -0.2) is 4.39 Å². The van der Waals surface area contributed by atoms with E-state index in [1.165, 1.54) is 12.1 Å². The Kier molecular flexibility index (Phi) is 3.63. The lowest BCUT2D eigenvalue weighted by molar-refractivity contribution is -0.145. The number of halogens is 1. The number of amides is 1. The summed E-state index contributed by atoms with van der Waals surface area (Å²) in [6.45, 7) is 1.25. The summed E-state index contributed by atoms with van der Waals surface area (Å²) < 4.78 is 18.6. The van der Waals surface area contributed by atoms with Crippen LogP contribution >= 0.6 is 0 Å². The van der Waals surface area contributed by atoms with Crippen LogP contribution in [-0.4, -0.2) is 41.6 Å². The van der Waals surface area contributed by atoms with Gasteiger partial charge in [-0.1, -0.05) is 12.1 Å². The molecule has 1 aromatic carbocycles. The van der Waals surface area contributed by atoms with Crippen LogP contribution < -0.4 is 0 Å². The molecule has 1 aliphatic carbocycles. The summed E-state index contributed by atoms with van der Waals surface area (Å²) in [5.41, 5.74) is 0.819. The zero-order valence-corrected chi connectivity index (χ0v) is 11.4. The molecule has 1 heterocycles. The lowest BCUT2D eigenvalue weighted by Crippen LogP contribution is -2.43. The first-order chi connectivity index (χ1) is 10.1. The lowest BCUT2D eigenvalue weighted by Gasteiger charge is -2.33. The fraction of sp³-hybridized carbons (Fsp3) is 0.467. The largest absolute Gasteiger partial charge is 0.481 e. The van der Waals surface area contributed by atoms with Gasteiger partial charge < -0.3 is 14.7 Å². The van der Waals surface area contributed by atoms with Gasteiger partial charge in [0, 0.05) is 6.54 Å². The number of carbonyl (C=O) groups is 2. The van der Waals surface area contributed by atoms with Crippen molar-refractivity contribution >= 4 is 11.9 Å². The molecule has 21 heavy (non-hydrogen) atoms. The second-order valence-electron chi connectivity index (χ2n) is 5.48. The van der Waals surface area contributed by atoms with E-state index >= 15 is 0 Å². The van der Waals surface area contributed by atoms with Gasteiger partial charge in [0.15, 0.2) is 0 Å². The van der Waals surface area contributed by atoms with E-state index in [9.17, 15) is 14.0 Å². The summed E-state index contributed by atoms with van der Waals surface area (Å²) in [5, 5.41) is 8.90. The summed E-state index contributed by atoms with van der Waals surface area (Å²) in [7, 11) is 0. The second-order valence-corrected chi connectivity index (χ2v) is 5.48. The Morgan fingerprint density at radius 3 is 2.57 bits per heavy atom. The van der Waals surface area contributed by atoms with Crippen LogP contribution in [0.2, 0.25) is 0 Å². The van der Waals surface area contributed by atoms with Crippen molar-refractivity contribution in [2.45, 2.75) is 12.5 Å². The Morgan fingerprint density at radius 1 is 1.24 bits per heavy atom. The van der Waals surface area contributed by atoms with E-state index in [0.717, 1.165) is 5.56 Å². The molecule has 6 heteroatoms. The van der Waals surface area contributed by atoms with Gasteiger partial charge in [0.2, 0.25) is 5.91 Å². The molecule has 3 atom stereocenters. The van der Waals surface area contributed by atoms with Crippen LogP contribution in [0.3, 0.4) is 0 Å². The van der Waals surface area contributed by atoms with Gasteiger partial charge in [-0.15, -0.1) is 0 Å². The Hall–Kier alpha value is -1.95. The predicted molar refractivity (Wildman–Crippen MR) is 70.9 cm³/mol. The number of carboxylic acid groups (broad SMARTS) is 1. The summed E-state index contributed by atoms with van der Waals surface area (Å²) in [5.74, 6) is -2.27. The van der Waals surface area contributed by atoms with E-state index in [2.05, 4.69) is 0 Å². The minimum atomic E-state index is -0.906. The van der Waals surface area contributed by atoms with E-state index in [4.69, 9.17) is 9.84 Å². The molecule has 5 nitrogen and oxygen atoms in total. The van der Waals surface area contributed by atoms with Crippen molar-refractivity contribution in [3.05, 3.63) is 35.6 Å². The van der Waals surface area contributed by atoms with E-state index in [1.807, 2.05) is 0 Å². The summed E-state index contributed by atoms with van der Waals surface area (Å²) in [6, 6.07) is 6.01. The van der Waals surface area contributed by atoms with Gasteiger partial charge in [-0.05, 0) is 24.1 Å². The van der Waals surface area contributed by atoms with Gasteiger partial charge in [-0.3, -0.25) is 9.59 Å². The molecule has 0 bridgehead atoms. The maximum absolute atomic E-state index is 12.9. The normalized spacial score (nSPS) is 28.2. The van der Waals surface area contributed by atoms with Crippen molar-refractivity contribution in [2.75, 3.05) is 19.7 Å². The SMILES string of the molecule is O=C(O)C1CC1C(=O)N1CCOC(c2ccc(F)cc2)C1. The monoisotopic (exact) mass is 293 g/mol. The fourth-order valence-electron chi connectivity index (χ4n) is 2.70. The van der Waals surface area contributed by atoms with Crippen LogP contribution in [0.5, 0.6) is 0 Å². The summed E-state index contributed by atoms with van der Waals surface area (Å²) >= 11 is 0. The topological polar surface area (TPSA) is 66.8 Å². The molecule has 0 aromatic heterocycles. The highest BCUT2D eigenvalue weighted by Gasteiger charge is 2.50. The molecule has 1 amide bonds. The number of rotatable bonds is 3. The first-order valence-electron chi connectivity index (χ1n) is 6.95. The Balaban J connectivity index is 1.65. The molecular formula is C15H16FNO4. The molecule has 2 fully saturated rings. The third-order valence-corrected chi connectivity index (χ3v) is 4.04. The first kappa shape index (κ1) is 14.0. The minimum absolute atomic E-state index is 0.113. The molecule has 0 radical (unpaired) electrons. The van der Waals surface area contributed by atoms with Gasteiger partial charge in [0.25, 0.3) is 0 Å². The third-order valence-electron chi connectivity index (χ3n) is 4.04. The number of nitrogens with zero attached hydrogens (tertiary/aromatic N) is 1. The maximum atomic E-state index is 12.9. The van der Waals surface area contributed by atoms with E-state index in [-0.39, 0.29) is 17.8 Å². The zero-order valence-electron chi connectivity index (χ0n) is 11.4. The van der Waals surface area contributed by atoms with Gasteiger partial charge in [0.1, 0.15) is 11.9 Å². The van der Waals surface area contributed by atoms with Crippen LogP contribution in [0.25, 0.3) is 0 Å². The number of morpholine rings is 1. The third kappa shape index (κ3) is 2.90. The maximum Gasteiger partial charge on any atom is 0.307 e. The quantitative estimate of drug-likeness (QED) is 0.916. The van der Waals surface area contributed by atoms with Crippen LogP contribution in [0.4, 0.5) is 4.39 Å². The van der Waals surface area contributed by atoms with Crippen molar-refractivity contribution in [3.63, 3.8) is 0 Å². The molecule has 1 N–H and O–H groups in total. The molecule has 3 rings (SSSR count). The van der Waals surface area contributed by atoms with Crippen LogP contribution in [0, 0.1) is 17.7 Å². The van der Waals surface area contributed by atoms with Crippen LogP contribution in [0.15, 0.2) is 24.3 Å². The standard InChI is InChI=1S/C15H16FNO4/c16-10-3-1-9(2-4-10)13-8-17(5-6-21-13)14(18)11-7-12(11)15(19)20/h1-4,11-13H,5-8H2,(H,19,20). The lowest BCUT2D eigenvalue weighted by atomic mass is 10.1. The minimum Gasteiger partial charge on any atom is -0.481 e. The highest BCUT2D eigenvalue weighted by atomic mass is 19.1. The number of hydrogen-bond donors (Lipinski definition) is 1. The number of carboxylic acids is 1. The van der Waals surface area contributed by atoms with Crippen molar-refractivity contribution < 1.29 is 23.8 Å². The fourth-order valence-corrected chi connectivity index (χ4v) is 2.70. The van der Waals surface area contributed by atoms with Crippen LogP contribution in [-0.2, 0) is 14.3 Å². The highest BCUT2D eigenvalue weighted by Crippen LogP contribution is 2.40. The average Bonchev–Trinajstić information content (AvgIpc) is 3.28. The number of ether oxygens (including phenoxy) is 1.